The lowest BCUT2D eigenvalue weighted by molar-refractivity contribution is -0.122. The van der Waals surface area contributed by atoms with Crippen molar-refractivity contribution >= 4 is 17.8 Å². The van der Waals surface area contributed by atoms with Gasteiger partial charge in [0.1, 0.15) is 6.54 Å². The lowest BCUT2D eigenvalue weighted by atomic mass is 10.1. The summed E-state index contributed by atoms with van der Waals surface area (Å²) < 4.78 is 4.73. The van der Waals surface area contributed by atoms with Gasteiger partial charge in [-0.25, -0.2) is 4.79 Å². The molecule has 2 amide bonds. The SMILES string of the molecule is CCOC(=O)Nc1cnn(CC(=O)NC(C)c2ccccc2)n1. The molecule has 122 valence electrons. The van der Waals surface area contributed by atoms with Gasteiger partial charge in [0.15, 0.2) is 5.82 Å². The van der Waals surface area contributed by atoms with Crippen molar-refractivity contribution in [3.8, 4) is 0 Å². The van der Waals surface area contributed by atoms with E-state index in [1.807, 2.05) is 37.3 Å². The van der Waals surface area contributed by atoms with Crippen LogP contribution in [0.5, 0.6) is 0 Å². The Labute approximate surface area is 133 Å². The van der Waals surface area contributed by atoms with E-state index in [-0.39, 0.29) is 30.9 Å². The van der Waals surface area contributed by atoms with Crippen molar-refractivity contribution in [3.63, 3.8) is 0 Å². The third-order valence-electron chi connectivity index (χ3n) is 3.00. The Morgan fingerprint density at radius 3 is 2.74 bits per heavy atom. The fourth-order valence-electron chi connectivity index (χ4n) is 1.94. The number of hydrogen-bond acceptors (Lipinski definition) is 5. The van der Waals surface area contributed by atoms with E-state index in [1.54, 1.807) is 6.92 Å². The van der Waals surface area contributed by atoms with Crippen LogP contribution in [0, 0.1) is 0 Å². The summed E-state index contributed by atoms with van der Waals surface area (Å²) in [7, 11) is 0. The van der Waals surface area contributed by atoms with E-state index < -0.39 is 6.09 Å². The zero-order valence-electron chi connectivity index (χ0n) is 13.0. The molecule has 0 aliphatic heterocycles. The summed E-state index contributed by atoms with van der Waals surface area (Å²) in [5, 5.41) is 13.2. The first-order chi connectivity index (χ1) is 11.1. The summed E-state index contributed by atoms with van der Waals surface area (Å²) >= 11 is 0. The van der Waals surface area contributed by atoms with Gasteiger partial charge in [0.2, 0.25) is 5.91 Å². The molecule has 0 aliphatic rings. The van der Waals surface area contributed by atoms with E-state index in [1.165, 1.54) is 11.0 Å². The summed E-state index contributed by atoms with van der Waals surface area (Å²) in [5.74, 6) is 0.00648. The second-order valence-corrected chi connectivity index (χ2v) is 4.81. The first-order valence-corrected chi connectivity index (χ1v) is 7.26. The molecule has 0 bridgehead atoms. The van der Waals surface area contributed by atoms with E-state index in [4.69, 9.17) is 4.74 Å². The van der Waals surface area contributed by atoms with Crippen molar-refractivity contribution < 1.29 is 14.3 Å². The highest BCUT2D eigenvalue weighted by atomic mass is 16.5. The number of ether oxygens (including phenoxy) is 1. The van der Waals surface area contributed by atoms with Gasteiger partial charge in [-0.2, -0.15) is 9.90 Å². The highest BCUT2D eigenvalue weighted by Gasteiger charge is 2.12. The molecule has 8 heteroatoms. The minimum Gasteiger partial charge on any atom is -0.450 e. The Hall–Kier alpha value is -2.90. The van der Waals surface area contributed by atoms with E-state index in [0.717, 1.165) is 5.56 Å². The summed E-state index contributed by atoms with van der Waals surface area (Å²) in [5.41, 5.74) is 1.01. The number of carbonyl (C=O) groups is 2. The van der Waals surface area contributed by atoms with Crippen molar-refractivity contribution in [3.05, 3.63) is 42.1 Å². The molecule has 0 spiro atoms. The molecule has 2 N–H and O–H groups in total. The summed E-state index contributed by atoms with van der Waals surface area (Å²) in [6, 6.07) is 9.53. The molecule has 23 heavy (non-hydrogen) atoms. The monoisotopic (exact) mass is 317 g/mol. The highest BCUT2D eigenvalue weighted by Crippen LogP contribution is 2.10. The number of amides is 2. The predicted octanol–water partition coefficient (Wildman–Crippen LogP) is 1.72. The Morgan fingerprint density at radius 2 is 2.04 bits per heavy atom. The number of aromatic nitrogens is 3. The van der Waals surface area contributed by atoms with E-state index in [0.29, 0.717) is 0 Å². The van der Waals surface area contributed by atoms with Crippen molar-refractivity contribution in [1.82, 2.24) is 20.3 Å². The standard InChI is InChI=1S/C15H19N5O3/c1-3-23-15(22)18-13-9-16-20(19-13)10-14(21)17-11(2)12-7-5-4-6-8-12/h4-9,11H,3,10H2,1-2H3,(H,17,21)(H,18,19,22). The topological polar surface area (TPSA) is 98.1 Å². The molecule has 1 aromatic heterocycles. The zero-order chi connectivity index (χ0) is 16.7. The molecule has 0 aliphatic carbocycles. The van der Waals surface area contributed by atoms with Crippen molar-refractivity contribution in [2.75, 3.05) is 11.9 Å². The van der Waals surface area contributed by atoms with Crippen molar-refractivity contribution in [2.45, 2.75) is 26.4 Å². The van der Waals surface area contributed by atoms with Crippen LogP contribution in [0.3, 0.4) is 0 Å². The quantitative estimate of drug-likeness (QED) is 0.845. The molecule has 8 nitrogen and oxygen atoms in total. The van der Waals surface area contributed by atoms with Gasteiger partial charge < -0.3 is 10.1 Å². The van der Waals surface area contributed by atoms with Gasteiger partial charge in [-0.1, -0.05) is 30.3 Å². The van der Waals surface area contributed by atoms with Gasteiger partial charge in [-0.3, -0.25) is 10.1 Å². The van der Waals surface area contributed by atoms with Crippen LogP contribution in [0.15, 0.2) is 36.5 Å². The van der Waals surface area contributed by atoms with Crippen LogP contribution in [-0.4, -0.2) is 33.6 Å². The van der Waals surface area contributed by atoms with Crippen molar-refractivity contribution in [1.29, 1.82) is 0 Å². The van der Waals surface area contributed by atoms with Gasteiger partial charge in [0, 0.05) is 0 Å². The van der Waals surface area contributed by atoms with Crippen LogP contribution in [0.2, 0.25) is 0 Å². The Balaban J connectivity index is 1.86. The first kappa shape index (κ1) is 16.5. The second kappa shape index (κ2) is 7.92. The summed E-state index contributed by atoms with van der Waals surface area (Å²) in [6.07, 6.45) is 0.742. The molecule has 0 radical (unpaired) electrons. The normalized spacial score (nSPS) is 11.6. The third-order valence-corrected chi connectivity index (χ3v) is 3.00. The molecule has 0 saturated carbocycles. The molecular formula is C15H19N5O3. The minimum atomic E-state index is -0.610. The molecule has 1 atom stereocenters. The predicted molar refractivity (Wildman–Crippen MR) is 83.7 cm³/mol. The van der Waals surface area contributed by atoms with Crippen LogP contribution in [0.4, 0.5) is 10.6 Å². The van der Waals surface area contributed by atoms with Crippen LogP contribution >= 0.6 is 0 Å². The van der Waals surface area contributed by atoms with Crippen LogP contribution in [0.1, 0.15) is 25.5 Å². The van der Waals surface area contributed by atoms with Gasteiger partial charge >= 0.3 is 6.09 Å². The number of nitrogens with one attached hydrogen (secondary N) is 2. The average molecular weight is 317 g/mol. The number of benzene rings is 1. The molecule has 0 fully saturated rings. The van der Waals surface area contributed by atoms with E-state index in [2.05, 4.69) is 20.8 Å². The number of hydrogen-bond donors (Lipinski definition) is 2. The number of anilines is 1. The molecule has 2 aromatic rings. The maximum absolute atomic E-state index is 12.0. The van der Waals surface area contributed by atoms with Crippen LogP contribution in [0.25, 0.3) is 0 Å². The summed E-state index contributed by atoms with van der Waals surface area (Å²) in [6.45, 7) is 3.83. The number of rotatable bonds is 6. The molecular weight excluding hydrogens is 298 g/mol. The molecule has 0 saturated heterocycles. The Morgan fingerprint density at radius 1 is 1.30 bits per heavy atom. The van der Waals surface area contributed by atoms with E-state index >= 15 is 0 Å². The number of carbonyl (C=O) groups excluding carboxylic acids is 2. The van der Waals surface area contributed by atoms with Gasteiger partial charge in [-0.15, -0.1) is 5.10 Å². The summed E-state index contributed by atoms with van der Waals surface area (Å²) in [4.78, 5) is 24.5. The molecule has 1 unspecified atom stereocenters. The maximum atomic E-state index is 12.0. The Bertz CT molecular complexity index is 656. The van der Waals surface area contributed by atoms with Gasteiger partial charge in [0.25, 0.3) is 0 Å². The van der Waals surface area contributed by atoms with Crippen LogP contribution in [-0.2, 0) is 16.1 Å². The van der Waals surface area contributed by atoms with E-state index in [9.17, 15) is 9.59 Å². The molecule has 1 heterocycles. The third kappa shape index (κ3) is 5.10. The zero-order valence-corrected chi connectivity index (χ0v) is 13.0. The lowest BCUT2D eigenvalue weighted by Gasteiger charge is -2.13. The smallest absolute Gasteiger partial charge is 0.412 e. The molecule has 1 aromatic carbocycles. The minimum absolute atomic E-state index is 0.0400. The van der Waals surface area contributed by atoms with Gasteiger partial charge in [-0.05, 0) is 19.4 Å². The largest absolute Gasteiger partial charge is 0.450 e. The van der Waals surface area contributed by atoms with Crippen LogP contribution < -0.4 is 10.6 Å². The molecule has 2 rings (SSSR count). The fraction of sp³-hybridized carbons (Fsp3) is 0.333. The average Bonchev–Trinajstić information content (AvgIpc) is 2.95. The Kier molecular flexibility index (Phi) is 5.67. The van der Waals surface area contributed by atoms with Crippen molar-refractivity contribution in [2.24, 2.45) is 0 Å². The highest BCUT2D eigenvalue weighted by molar-refractivity contribution is 5.83. The lowest BCUT2D eigenvalue weighted by Crippen LogP contribution is -2.30. The second-order valence-electron chi connectivity index (χ2n) is 4.81. The fourth-order valence-corrected chi connectivity index (χ4v) is 1.94. The van der Waals surface area contributed by atoms with Gasteiger partial charge in [0.05, 0.1) is 18.8 Å². The first-order valence-electron chi connectivity index (χ1n) is 7.26. The maximum Gasteiger partial charge on any atom is 0.412 e. The number of nitrogens with zero attached hydrogens (tertiary/aromatic N) is 3.